The Labute approximate surface area is 123 Å². The van der Waals surface area contributed by atoms with Crippen molar-refractivity contribution < 1.29 is 17.6 Å². The molecule has 7 heteroatoms. The minimum Gasteiger partial charge on any atom is -0.271 e. The van der Waals surface area contributed by atoms with Gasteiger partial charge in [-0.15, -0.1) is 11.3 Å². The van der Waals surface area contributed by atoms with Crippen LogP contribution >= 0.6 is 11.3 Å². The van der Waals surface area contributed by atoms with Gasteiger partial charge in [0.05, 0.1) is 11.6 Å². The number of aryl methyl sites for hydroxylation is 1. The van der Waals surface area contributed by atoms with Gasteiger partial charge in [0.2, 0.25) is 0 Å². The van der Waals surface area contributed by atoms with Gasteiger partial charge in [0, 0.05) is 9.75 Å². The number of hydrogen-bond acceptors (Lipinski definition) is 3. The first-order chi connectivity index (χ1) is 9.86. The standard InChI is InChI=1S/C14H14F4N2S/c1-2-9-4-6-12(21-9)13(20-19)8-3-5-11(15)10(7-8)14(16,17)18/h3-7,13,20H,2,19H2,1H3. The number of halogens is 4. The summed E-state index contributed by atoms with van der Waals surface area (Å²) in [7, 11) is 0. The molecule has 21 heavy (non-hydrogen) atoms. The van der Waals surface area contributed by atoms with Crippen molar-refractivity contribution in [2.45, 2.75) is 25.6 Å². The number of rotatable bonds is 4. The Hall–Kier alpha value is -1.44. The molecule has 0 spiro atoms. The minimum atomic E-state index is -4.73. The van der Waals surface area contributed by atoms with Crippen LogP contribution in [-0.2, 0) is 12.6 Å². The zero-order chi connectivity index (χ0) is 15.6. The van der Waals surface area contributed by atoms with Crippen molar-refractivity contribution in [3.8, 4) is 0 Å². The van der Waals surface area contributed by atoms with Gasteiger partial charge < -0.3 is 0 Å². The third-order valence-corrected chi connectivity index (χ3v) is 4.41. The largest absolute Gasteiger partial charge is 0.419 e. The Bertz CT molecular complexity index is 622. The first kappa shape index (κ1) is 15.9. The molecule has 0 amide bonds. The highest BCUT2D eigenvalue weighted by Crippen LogP contribution is 2.35. The monoisotopic (exact) mass is 318 g/mol. The Morgan fingerprint density at radius 2 is 1.95 bits per heavy atom. The van der Waals surface area contributed by atoms with Gasteiger partial charge in [-0.05, 0) is 36.2 Å². The maximum Gasteiger partial charge on any atom is 0.419 e. The molecule has 1 heterocycles. The Morgan fingerprint density at radius 1 is 1.24 bits per heavy atom. The lowest BCUT2D eigenvalue weighted by atomic mass is 10.0. The summed E-state index contributed by atoms with van der Waals surface area (Å²) in [5, 5.41) is 0. The number of nitrogens with one attached hydrogen (secondary N) is 1. The topological polar surface area (TPSA) is 38.0 Å². The quantitative estimate of drug-likeness (QED) is 0.507. The fraction of sp³-hybridized carbons (Fsp3) is 0.286. The number of alkyl halides is 3. The van der Waals surface area contributed by atoms with Crippen LogP contribution in [0.4, 0.5) is 17.6 Å². The molecule has 1 atom stereocenters. The number of nitrogens with two attached hydrogens (primary N) is 1. The van der Waals surface area contributed by atoms with Crippen molar-refractivity contribution in [2.24, 2.45) is 5.84 Å². The van der Waals surface area contributed by atoms with Gasteiger partial charge in [-0.3, -0.25) is 5.84 Å². The van der Waals surface area contributed by atoms with Crippen molar-refractivity contribution in [1.82, 2.24) is 5.43 Å². The van der Waals surface area contributed by atoms with Crippen LogP contribution in [0, 0.1) is 5.82 Å². The molecule has 1 aromatic carbocycles. The van der Waals surface area contributed by atoms with E-state index in [4.69, 9.17) is 5.84 Å². The highest BCUT2D eigenvalue weighted by Gasteiger charge is 2.34. The van der Waals surface area contributed by atoms with E-state index >= 15 is 0 Å². The van der Waals surface area contributed by atoms with Crippen LogP contribution in [0.2, 0.25) is 0 Å². The second-order valence-electron chi connectivity index (χ2n) is 4.49. The maximum atomic E-state index is 13.3. The normalized spacial score (nSPS) is 13.4. The molecule has 2 rings (SSSR count). The zero-order valence-corrected chi connectivity index (χ0v) is 12.0. The molecule has 0 saturated carbocycles. The van der Waals surface area contributed by atoms with Crippen LogP contribution in [0.3, 0.4) is 0 Å². The second-order valence-corrected chi connectivity index (χ2v) is 5.69. The van der Waals surface area contributed by atoms with E-state index in [1.807, 2.05) is 19.1 Å². The molecule has 3 N–H and O–H groups in total. The summed E-state index contributed by atoms with van der Waals surface area (Å²) < 4.78 is 51.6. The van der Waals surface area contributed by atoms with E-state index < -0.39 is 23.6 Å². The van der Waals surface area contributed by atoms with Crippen LogP contribution < -0.4 is 11.3 Å². The highest BCUT2D eigenvalue weighted by molar-refractivity contribution is 7.12. The van der Waals surface area contributed by atoms with Crippen molar-refractivity contribution >= 4 is 11.3 Å². The molecule has 2 nitrogen and oxygen atoms in total. The van der Waals surface area contributed by atoms with Gasteiger partial charge in [0.1, 0.15) is 5.82 Å². The molecule has 2 aromatic rings. The molecule has 0 radical (unpaired) electrons. The third-order valence-electron chi connectivity index (χ3n) is 3.11. The molecule has 1 unspecified atom stereocenters. The SMILES string of the molecule is CCc1ccc(C(NN)c2ccc(F)c(C(F)(F)F)c2)s1. The van der Waals surface area contributed by atoms with E-state index in [0.29, 0.717) is 0 Å². The zero-order valence-electron chi connectivity index (χ0n) is 11.2. The predicted octanol–water partition coefficient (Wildman–Crippen LogP) is 4.02. The summed E-state index contributed by atoms with van der Waals surface area (Å²) in [6.07, 6.45) is -3.90. The first-order valence-electron chi connectivity index (χ1n) is 6.28. The Balaban J connectivity index is 2.43. The molecule has 0 aliphatic carbocycles. The average Bonchev–Trinajstić information content (AvgIpc) is 2.89. The molecule has 0 fully saturated rings. The predicted molar refractivity (Wildman–Crippen MR) is 74.3 cm³/mol. The van der Waals surface area contributed by atoms with Gasteiger partial charge in [-0.2, -0.15) is 13.2 Å². The maximum absolute atomic E-state index is 13.3. The van der Waals surface area contributed by atoms with Gasteiger partial charge >= 0.3 is 6.18 Å². The lowest BCUT2D eigenvalue weighted by Gasteiger charge is -2.17. The van der Waals surface area contributed by atoms with Gasteiger partial charge in [-0.25, -0.2) is 9.82 Å². The first-order valence-corrected chi connectivity index (χ1v) is 7.09. The summed E-state index contributed by atoms with van der Waals surface area (Å²) in [5.74, 6) is 4.18. The molecule has 0 bridgehead atoms. The van der Waals surface area contributed by atoms with E-state index in [9.17, 15) is 17.6 Å². The Morgan fingerprint density at radius 3 is 2.48 bits per heavy atom. The second kappa shape index (κ2) is 6.13. The number of benzene rings is 1. The summed E-state index contributed by atoms with van der Waals surface area (Å²) in [6.45, 7) is 1.99. The van der Waals surface area contributed by atoms with E-state index in [-0.39, 0.29) is 5.56 Å². The number of hydrogen-bond donors (Lipinski definition) is 2. The number of thiophene rings is 1. The summed E-state index contributed by atoms with van der Waals surface area (Å²) >= 11 is 1.46. The minimum absolute atomic E-state index is 0.274. The van der Waals surface area contributed by atoms with E-state index in [0.717, 1.165) is 28.3 Å². The van der Waals surface area contributed by atoms with Crippen LogP contribution in [0.15, 0.2) is 30.3 Å². The summed E-state index contributed by atoms with van der Waals surface area (Å²) in [4.78, 5) is 1.89. The summed E-state index contributed by atoms with van der Waals surface area (Å²) in [6, 6.07) is 6.03. The van der Waals surface area contributed by atoms with E-state index in [1.165, 1.54) is 17.4 Å². The van der Waals surface area contributed by atoms with Gasteiger partial charge in [0.25, 0.3) is 0 Å². The molecule has 1 aromatic heterocycles. The third kappa shape index (κ3) is 3.42. The fourth-order valence-electron chi connectivity index (χ4n) is 2.02. The van der Waals surface area contributed by atoms with Crippen LogP contribution in [0.5, 0.6) is 0 Å². The molecule has 0 aliphatic heterocycles. The smallest absolute Gasteiger partial charge is 0.271 e. The van der Waals surface area contributed by atoms with Gasteiger partial charge in [-0.1, -0.05) is 13.0 Å². The molecular formula is C14H14F4N2S. The van der Waals surface area contributed by atoms with Gasteiger partial charge in [0.15, 0.2) is 0 Å². The molecular weight excluding hydrogens is 304 g/mol. The van der Waals surface area contributed by atoms with Crippen LogP contribution in [-0.4, -0.2) is 0 Å². The van der Waals surface area contributed by atoms with Crippen LogP contribution in [0.25, 0.3) is 0 Å². The molecule has 114 valence electrons. The lowest BCUT2D eigenvalue weighted by Crippen LogP contribution is -2.28. The molecule has 0 saturated heterocycles. The van der Waals surface area contributed by atoms with Crippen molar-refractivity contribution in [3.05, 3.63) is 57.0 Å². The fourth-order valence-corrected chi connectivity index (χ4v) is 3.06. The van der Waals surface area contributed by atoms with Crippen molar-refractivity contribution in [2.75, 3.05) is 0 Å². The van der Waals surface area contributed by atoms with Crippen molar-refractivity contribution in [3.63, 3.8) is 0 Å². The van der Waals surface area contributed by atoms with E-state index in [2.05, 4.69) is 5.43 Å². The lowest BCUT2D eigenvalue weighted by molar-refractivity contribution is -0.140. The van der Waals surface area contributed by atoms with Crippen molar-refractivity contribution in [1.29, 1.82) is 0 Å². The summed E-state index contributed by atoms with van der Waals surface area (Å²) in [5.41, 5.74) is 1.48. The molecule has 0 aliphatic rings. The number of hydrazine groups is 1. The average molecular weight is 318 g/mol. The highest BCUT2D eigenvalue weighted by atomic mass is 32.1. The van der Waals surface area contributed by atoms with Crippen LogP contribution in [0.1, 0.15) is 33.8 Å². The Kier molecular flexibility index (Phi) is 4.65. The van der Waals surface area contributed by atoms with E-state index in [1.54, 1.807) is 0 Å².